The Labute approximate surface area is 364 Å². The maximum Gasteiger partial charge on any atom is 0.239 e. The lowest BCUT2D eigenvalue weighted by atomic mass is 9.77. The van der Waals surface area contributed by atoms with Crippen LogP contribution in [-0.4, -0.2) is 24.9 Å². The van der Waals surface area contributed by atoms with Gasteiger partial charge in [-0.2, -0.15) is 9.97 Å². The molecule has 0 fully saturated rings. The molecule has 0 spiro atoms. The quantitative estimate of drug-likeness (QED) is 0.128. The van der Waals surface area contributed by atoms with E-state index in [1.54, 1.807) is 12.5 Å². The van der Waals surface area contributed by atoms with Crippen molar-refractivity contribution in [3.8, 4) is 45.0 Å². The van der Waals surface area contributed by atoms with Crippen molar-refractivity contribution >= 4 is 17.5 Å². The minimum atomic E-state index is 0.0295. The molecule has 2 heterocycles. The van der Waals surface area contributed by atoms with Gasteiger partial charge in [0.05, 0.1) is 5.69 Å². The van der Waals surface area contributed by atoms with Gasteiger partial charge in [0.15, 0.2) is 11.6 Å². The lowest BCUT2D eigenvalue weighted by Gasteiger charge is -2.28. The summed E-state index contributed by atoms with van der Waals surface area (Å²) in [7, 11) is 0. The Morgan fingerprint density at radius 2 is 0.871 bits per heavy atom. The molecule has 0 saturated carbocycles. The summed E-state index contributed by atoms with van der Waals surface area (Å²) in [4.78, 5) is 26.8. The first kappa shape index (κ1) is 39.9. The number of nitrogens with zero attached hydrogens (tertiary/aromatic N) is 6. The van der Waals surface area contributed by atoms with E-state index >= 15 is 0 Å². The molecule has 6 heteroatoms. The van der Waals surface area contributed by atoms with Crippen LogP contribution in [0.25, 0.3) is 45.0 Å². The molecule has 0 saturated heterocycles. The fraction of sp³-hybridized carbons (Fsp3) is 0.125. The third-order valence-corrected chi connectivity index (χ3v) is 11.6. The highest BCUT2D eigenvalue weighted by Crippen LogP contribution is 2.42. The van der Waals surface area contributed by atoms with Gasteiger partial charge in [-0.25, -0.2) is 15.0 Å². The predicted octanol–water partition coefficient (Wildman–Crippen LogP) is 13.8. The summed E-state index contributed by atoms with van der Waals surface area (Å²) >= 11 is 0. The molecule has 0 aliphatic heterocycles. The SMILES string of the molecule is Cc1cc(C)c(C(c2ccc(N(c3ccncn3)c3nc(-c4ccccc4)nc(-c4cc(-c5ccccc5)cc(-c5ccccc5)c4)n3)cc2)c2c(C)cc(C)cc2C)c(C)c1. The maximum absolute atomic E-state index is 5.31. The van der Waals surface area contributed by atoms with Gasteiger partial charge in [-0.3, -0.25) is 4.90 Å². The Morgan fingerprint density at radius 3 is 1.34 bits per heavy atom. The average Bonchev–Trinajstić information content (AvgIpc) is 3.29. The highest BCUT2D eigenvalue weighted by Gasteiger charge is 2.26. The second kappa shape index (κ2) is 17.2. The van der Waals surface area contributed by atoms with E-state index in [4.69, 9.17) is 19.9 Å². The van der Waals surface area contributed by atoms with E-state index < -0.39 is 0 Å². The standard InChI is InChI=1S/C56H48N6/c1-36-28-38(3)51(39(4)29-36)53(52-40(5)30-37(2)31-41(52)6)44-22-24-49(25-23-44)62(50-26-27-57-35-58-50)56-60-54(45-20-14-9-15-21-45)59-55(61-56)48-33-46(42-16-10-7-11-17-42)32-47(34-48)43-18-12-8-13-19-43/h7-35,53H,1-6H3. The zero-order valence-corrected chi connectivity index (χ0v) is 36.0. The summed E-state index contributed by atoms with van der Waals surface area (Å²) in [6.07, 6.45) is 3.32. The van der Waals surface area contributed by atoms with E-state index in [0.717, 1.165) is 39.1 Å². The summed E-state index contributed by atoms with van der Waals surface area (Å²) in [5.74, 6) is 2.22. The minimum absolute atomic E-state index is 0.0295. The first-order chi connectivity index (χ1) is 30.2. The van der Waals surface area contributed by atoms with Crippen molar-refractivity contribution in [2.45, 2.75) is 47.5 Å². The molecule has 0 aliphatic carbocycles. The second-order valence-corrected chi connectivity index (χ2v) is 16.2. The molecule has 7 aromatic carbocycles. The zero-order valence-electron chi connectivity index (χ0n) is 36.0. The van der Waals surface area contributed by atoms with Crippen LogP contribution in [0.1, 0.15) is 56.0 Å². The van der Waals surface area contributed by atoms with Gasteiger partial charge in [-0.05, 0) is 139 Å². The molecular weight excluding hydrogens is 757 g/mol. The van der Waals surface area contributed by atoms with Crippen LogP contribution in [-0.2, 0) is 0 Å². The van der Waals surface area contributed by atoms with Gasteiger partial charge in [-0.15, -0.1) is 0 Å². The summed E-state index contributed by atoms with van der Waals surface area (Å²) in [5.41, 5.74) is 18.6. The Morgan fingerprint density at radius 1 is 0.419 bits per heavy atom. The molecule has 2 aromatic heterocycles. The third kappa shape index (κ3) is 8.15. The Hall–Kier alpha value is -7.57. The van der Waals surface area contributed by atoms with Crippen molar-refractivity contribution in [3.63, 3.8) is 0 Å². The van der Waals surface area contributed by atoms with Crippen molar-refractivity contribution in [3.05, 3.63) is 226 Å². The molecule has 9 aromatic rings. The summed E-state index contributed by atoms with van der Waals surface area (Å²) < 4.78 is 0. The predicted molar refractivity (Wildman–Crippen MR) is 254 cm³/mol. The highest BCUT2D eigenvalue weighted by molar-refractivity contribution is 5.81. The first-order valence-electron chi connectivity index (χ1n) is 21.1. The van der Waals surface area contributed by atoms with Crippen LogP contribution >= 0.6 is 0 Å². The van der Waals surface area contributed by atoms with Gasteiger partial charge in [0.1, 0.15) is 12.1 Å². The molecule has 6 nitrogen and oxygen atoms in total. The molecule has 0 amide bonds. The van der Waals surface area contributed by atoms with E-state index in [9.17, 15) is 0 Å². The number of benzene rings is 7. The number of hydrogen-bond acceptors (Lipinski definition) is 6. The topological polar surface area (TPSA) is 67.7 Å². The van der Waals surface area contributed by atoms with Crippen LogP contribution in [0.2, 0.25) is 0 Å². The molecule has 62 heavy (non-hydrogen) atoms. The number of aryl methyl sites for hydroxylation is 6. The normalized spacial score (nSPS) is 11.2. The van der Waals surface area contributed by atoms with Gasteiger partial charge >= 0.3 is 0 Å². The van der Waals surface area contributed by atoms with E-state index in [-0.39, 0.29) is 5.92 Å². The molecule has 9 rings (SSSR count). The van der Waals surface area contributed by atoms with Crippen molar-refractivity contribution in [2.24, 2.45) is 0 Å². The van der Waals surface area contributed by atoms with Gasteiger partial charge in [-0.1, -0.05) is 139 Å². The molecular formula is C56H48N6. The molecule has 0 N–H and O–H groups in total. The Balaban J connectivity index is 1.23. The maximum atomic E-state index is 5.31. The molecule has 0 unspecified atom stereocenters. The van der Waals surface area contributed by atoms with Crippen LogP contribution in [0.3, 0.4) is 0 Å². The van der Waals surface area contributed by atoms with Crippen molar-refractivity contribution in [1.82, 2.24) is 24.9 Å². The van der Waals surface area contributed by atoms with Crippen LogP contribution in [0.4, 0.5) is 17.5 Å². The fourth-order valence-corrected chi connectivity index (χ4v) is 9.01. The van der Waals surface area contributed by atoms with Gasteiger partial charge in [0.25, 0.3) is 0 Å². The molecule has 0 aliphatic rings. The Bertz CT molecular complexity index is 2840. The van der Waals surface area contributed by atoms with E-state index in [1.165, 1.54) is 50.1 Å². The summed E-state index contributed by atoms with van der Waals surface area (Å²) in [5, 5.41) is 0. The van der Waals surface area contributed by atoms with Crippen LogP contribution in [0.15, 0.2) is 176 Å². The monoisotopic (exact) mass is 804 g/mol. The minimum Gasteiger partial charge on any atom is -0.263 e. The van der Waals surface area contributed by atoms with E-state index in [1.807, 2.05) is 53.4 Å². The smallest absolute Gasteiger partial charge is 0.239 e. The molecule has 0 bridgehead atoms. The fourth-order valence-electron chi connectivity index (χ4n) is 9.01. The van der Waals surface area contributed by atoms with Crippen LogP contribution in [0.5, 0.6) is 0 Å². The average molecular weight is 805 g/mol. The highest BCUT2D eigenvalue weighted by atomic mass is 15.3. The number of anilines is 3. The first-order valence-corrected chi connectivity index (χ1v) is 21.1. The van der Waals surface area contributed by atoms with Gasteiger partial charge in [0.2, 0.25) is 5.95 Å². The van der Waals surface area contributed by atoms with E-state index in [2.05, 4.69) is 162 Å². The van der Waals surface area contributed by atoms with Gasteiger partial charge in [0, 0.05) is 23.2 Å². The molecule has 0 radical (unpaired) electrons. The lowest BCUT2D eigenvalue weighted by Crippen LogP contribution is -2.17. The third-order valence-electron chi connectivity index (χ3n) is 11.6. The summed E-state index contributed by atoms with van der Waals surface area (Å²) in [6, 6.07) is 57.5. The summed E-state index contributed by atoms with van der Waals surface area (Å²) in [6.45, 7) is 13.3. The van der Waals surface area contributed by atoms with Crippen LogP contribution in [0, 0.1) is 41.5 Å². The van der Waals surface area contributed by atoms with Gasteiger partial charge < -0.3 is 0 Å². The second-order valence-electron chi connectivity index (χ2n) is 16.2. The Kier molecular flexibility index (Phi) is 11.1. The molecule has 302 valence electrons. The van der Waals surface area contributed by atoms with Crippen molar-refractivity contribution in [2.75, 3.05) is 4.90 Å². The zero-order chi connectivity index (χ0) is 42.7. The van der Waals surface area contributed by atoms with Crippen molar-refractivity contribution < 1.29 is 0 Å². The number of aromatic nitrogens is 5. The van der Waals surface area contributed by atoms with E-state index in [0.29, 0.717) is 23.4 Å². The number of rotatable bonds is 10. The largest absolute Gasteiger partial charge is 0.263 e. The van der Waals surface area contributed by atoms with Crippen molar-refractivity contribution in [1.29, 1.82) is 0 Å². The lowest BCUT2D eigenvalue weighted by molar-refractivity contribution is 0.918. The van der Waals surface area contributed by atoms with Crippen LogP contribution < -0.4 is 4.90 Å². The molecule has 0 atom stereocenters. The number of hydrogen-bond donors (Lipinski definition) is 0.